The molecule has 3 aliphatic heterocycles. The van der Waals surface area contributed by atoms with Gasteiger partial charge < -0.3 is 18.8 Å². The van der Waals surface area contributed by atoms with Crippen molar-refractivity contribution in [2.75, 3.05) is 9.80 Å². The molecular weight excluding hydrogens is 822 g/mol. The van der Waals surface area contributed by atoms with Gasteiger partial charge in [-0.3, -0.25) is 0 Å². The van der Waals surface area contributed by atoms with Gasteiger partial charge in [-0.25, -0.2) is 0 Å². The molecule has 0 N–H and O–H groups in total. The Balaban J connectivity index is 1.15. The monoisotopic (exact) mass is 875 g/mol. The van der Waals surface area contributed by atoms with Gasteiger partial charge in [-0.1, -0.05) is 152 Å². The van der Waals surface area contributed by atoms with E-state index < -0.39 is 0 Å². The van der Waals surface area contributed by atoms with E-state index in [1.54, 1.807) is 0 Å². The molecule has 0 radical (unpaired) electrons. The van der Waals surface area contributed by atoms with Gasteiger partial charge in [0, 0.05) is 65.5 Å². The molecule has 7 aromatic carbocycles. The minimum absolute atomic E-state index is 0.0165. The number of benzene rings is 7. The summed E-state index contributed by atoms with van der Waals surface area (Å²) in [4.78, 5) is 6.73. The van der Waals surface area contributed by atoms with Crippen molar-refractivity contribution in [3.05, 3.63) is 150 Å². The Morgan fingerprint density at radius 2 is 1.29 bits per heavy atom. The summed E-state index contributed by atoms with van der Waals surface area (Å²) in [6.07, 6.45) is 4.78. The highest BCUT2D eigenvalue weighted by molar-refractivity contribution is 7.26. The number of furan rings is 1. The predicted molar refractivity (Wildman–Crippen MR) is 283 cm³/mol. The lowest BCUT2D eigenvalue weighted by atomic mass is 9.33. The molecule has 2 atom stereocenters. The van der Waals surface area contributed by atoms with Crippen LogP contribution in [0.5, 0.6) is 0 Å². The first-order chi connectivity index (χ1) is 31.7. The van der Waals surface area contributed by atoms with Crippen molar-refractivity contribution in [1.29, 1.82) is 0 Å². The Morgan fingerprint density at radius 3 is 2.12 bits per heavy atom. The molecule has 6 heterocycles. The van der Waals surface area contributed by atoms with E-state index in [9.17, 15) is 0 Å². The third kappa shape index (κ3) is 4.86. The molecule has 0 spiro atoms. The normalized spacial score (nSPS) is 19.9. The molecule has 4 nitrogen and oxygen atoms in total. The highest BCUT2D eigenvalue weighted by Crippen LogP contribution is 2.62. The molecule has 1 saturated carbocycles. The summed E-state index contributed by atoms with van der Waals surface area (Å²) in [5.41, 5.74) is 18.7. The maximum Gasteiger partial charge on any atom is 0.252 e. The van der Waals surface area contributed by atoms with Crippen LogP contribution in [0.25, 0.3) is 58.8 Å². The number of hydrogen-bond donors (Lipinski definition) is 0. The topological polar surface area (TPSA) is 24.6 Å². The summed E-state index contributed by atoms with van der Waals surface area (Å²) in [5, 5.41) is 6.33. The van der Waals surface area contributed by atoms with E-state index in [-0.39, 0.29) is 28.5 Å². The fraction of sp³-hybridized carbons (Fsp3) is 0.267. The van der Waals surface area contributed by atoms with Gasteiger partial charge in [0.15, 0.2) is 5.58 Å². The van der Waals surface area contributed by atoms with Crippen LogP contribution in [0.3, 0.4) is 0 Å². The number of hydrogen-bond acceptors (Lipinski definition) is 4. The molecule has 4 aliphatic rings. The minimum atomic E-state index is -0.133. The summed E-state index contributed by atoms with van der Waals surface area (Å²) in [7, 11) is 0. The van der Waals surface area contributed by atoms with Crippen molar-refractivity contribution in [2.24, 2.45) is 0 Å². The molecule has 10 aromatic rings. The van der Waals surface area contributed by atoms with E-state index in [1.807, 2.05) is 11.3 Å². The highest BCUT2D eigenvalue weighted by atomic mass is 32.1. The van der Waals surface area contributed by atoms with E-state index in [4.69, 9.17) is 4.42 Å². The van der Waals surface area contributed by atoms with Crippen LogP contribution in [0.2, 0.25) is 0 Å². The summed E-state index contributed by atoms with van der Waals surface area (Å²) in [6.45, 7) is 19.3. The predicted octanol–water partition coefficient (Wildman–Crippen LogP) is 14.8. The number of rotatable bonds is 2. The maximum atomic E-state index is 7.00. The number of thiophene rings is 1. The molecule has 0 saturated heterocycles. The van der Waals surface area contributed by atoms with E-state index in [2.05, 4.69) is 203 Å². The van der Waals surface area contributed by atoms with Gasteiger partial charge in [-0.05, 0) is 106 Å². The lowest BCUT2D eigenvalue weighted by Gasteiger charge is -2.51. The Kier molecular flexibility index (Phi) is 7.56. The summed E-state index contributed by atoms with van der Waals surface area (Å²) in [5.74, 6) is 0. The molecule has 6 heteroatoms. The molecule has 0 bridgehead atoms. The fourth-order valence-corrected chi connectivity index (χ4v) is 14.5. The molecule has 3 aromatic heterocycles. The second-order valence-corrected chi connectivity index (χ2v) is 23.5. The Labute approximate surface area is 391 Å². The minimum Gasteiger partial charge on any atom is -0.454 e. The third-order valence-corrected chi connectivity index (χ3v) is 18.0. The smallest absolute Gasteiger partial charge is 0.252 e. The van der Waals surface area contributed by atoms with Crippen LogP contribution in [-0.4, -0.2) is 16.8 Å². The van der Waals surface area contributed by atoms with Crippen molar-refractivity contribution in [3.63, 3.8) is 0 Å². The number of aromatic nitrogens is 1. The van der Waals surface area contributed by atoms with Crippen molar-refractivity contribution < 1.29 is 4.42 Å². The average molecular weight is 876 g/mol. The molecule has 0 amide bonds. The average Bonchev–Trinajstić information content (AvgIpc) is 4.02. The van der Waals surface area contributed by atoms with Crippen LogP contribution >= 0.6 is 11.3 Å². The molecular formula is C60H54BN3OS. The first-order valence-electron chi connectivity index (χ1n) is 24.2. The van der Waals surface area contributed by atoms with Gasteiger partial charge in [0.2, 0.25) is 0 Å². The molecule has 14 rings (SSSR count). The SMILES string of the molecule is CC(C)(C)c1ccc2c(c1)N(c1cccc3c1oc1ccccc13)c1cc(N3c4ccc(C(C)(C)C)cc4C4(C)CCCCC34C)cc3c1B2c1cccc2c4c5ccccc5sc4n-3c12. The van der Waals surface area contributed by atoms with Gasteiger partial charge >= 0.3 is 0 Å². The van der Waals surface area contributed by atoms with Crippen LogP contribution in [0, 0.1) is 0 Å². The lowest BCUT2D eigenvalue weighted by Crippen LogP contribution is -2.60. The zero-order valence-electron chi connectivity index (χ0n) is 39.3. The van der Waals surface area contributed by atoms with Crippen molar-refractivity contribution >= 4 is 116 Å². The van der Waals surface area contributed by atoms with Crippen LogP contribution in [-0.2, 0) is 16.2 Å². The molecule has 2 unspecified atom stereocenters. The van der Waals surface area contributed by atoms with Crippen LogP contribution in [0.4, 0.5) is 28.4 Å². The molecule has 1 fully saturated rings. The van der Waals surface area contributed by atoms with E-state index >= 15 is 0 Å². The third-order valence-electron chi connectivity index (χ3n) is 16.8. The quantitative estimate of drug-likeness (QED) is 0.162. The Hall–Kier alpha value is -6.24. The van der Waals surface area contributed by atoms with Gasteiger partial charge in [0.05, 0.1) is 16.7 Å². The second kappa shape index (κ2) is 12.8. The highest BCUT2D eigenvalue weighted by Gasteiger charge is 2.58. The lowest BCUT2D eigenvalue weighted by molar-refractivity contribution is 0.195. The van der Waals surface area contributed by atoms with Crippen LogP contribution < -0.4 is 26.2 Å². The standard InChI is InChI=1S/C60H54BN3OS/c1-57(2,3)35-26-28-45-42(31-35)59(7)29-13-14-30-60(59,8)64(45)37-33-48-53-49(34-37)63-54-41(52-40-18-10-12-24-51(40)66-56(52)63)20-15-21-44(54)61(53)43-27-25-36(58(4,5)6)32-47(43)62(48)46-22-16-19-39-38-17-9-11-23-50(38)65-55(39)46/h9-12,15-28,31-34H,13-14,29-30H2,1-8H3. The second-order valence-electron chi connectivity index (χ2n) is 22.4. The van der Waals surface area contributed by atoms with Crippen molar-refractivity contribution in [3.8, 4) is 5.69 Å². The van der Waals surface area contributed by atoms with Crippen molar-refractivity contribution in [2.45, 2.75) is 103 Å². The molecule has 1 aliphatic carbocycles. The number of anilines is 5. The zero-order chi connectivity index (χ0) is 44.8. The van der Waals surface area contributed by atoms with E-state index in [0.717, 1.165) is 34.0 Å². The van der Waals surface area contributed by atoms with E-state index in [0.29, 0.717) is 0 Å². The number of para-hydroxylation sites is 3. The van der Waals surface area contributed by atoms with E-state index in [1.165, 1.54) is 112 Å². The summed E-state index contributed by atoms with van der Waals surface area (Å²) >= 11 is 1.94. The Bertz CT molecular complexity index is 3760. The van der Waals surface area contributed by atoms with Gasteiger partial charge in [-0.2, -0.15) is 0 Å². The first-order valence-corrected chi connectivity index (χ1v) is 25.0. The van der Waals surface area contributed by atoms with Crippen molar-refractivity contribution in [1.82, 2.24) is 4.57 Å². The summed E-state index contributed by atoms with van der Waals surface area (Å²) < 4.78 is 11.0. The zero-order valence-corrected chi connectivity index (χ0v) is 40.1. The molecule has 324 valence electrons. The van der Waals surface area contributed by atoms with Gasteiger partial charge in [0.1, 0.15) is 10.4 Å². The Morgan fingerprint density at radius 1 is 0.591 bits per heavy atom. The van der Waals surface area contributed by atoms with Crippen LogP contribution in [0.15, 0.2) is 138 Å². The maximum absolute atomic E-state index is 7.00. The fourth-order valence-electron chi connectivity index (χ4n) is 13.3. The number of nitrogens with zero attached hydrogens (tertiary/aromatic N) is 3. The first kappa shape index (κ1) is 39.0. The molecule has 66 heavy (non-hydrogen) atoms. The van der Waals surface area contributed by atoms with Gasteiger partial charge in [0.25, 0.3) is 6.71 Å². The summed E-state index contributed by atoms with van der Waals surface area (Å²) in [6, 6.07) is 51.5. The number of fused-ring (bicyclic) bond motifs is 15. The van der Waals surface area contributed by atoms with Crippen LogP contribution in [0.1, 0.15) is 97.8 Å². The van der Waals surface area contributed by atoms with Gasteiger partial charge in [-0.15, -0.1) is 11.3 Å². The largest absolute Gasteiger partial charge is 0.454 e.